The van der Waals surface area contributed by atoms with Gasteiger partial charge in [-0.3, -0.25) is 4.79 Å². The maximum atomic E-state index is 12.1. The number of amides is 1. The van der Waals surface area contributed by atoms with Gasteiger partial charge in [0.05, 0.1) is 0 Å². The first kappa shape index (κ1) is 15.4. The fourth-order valence-corrected chi connectivity index (χ4v) is 2.38. The minimum absolute atomic E-state index is 0.175. The molecule has 1 aliphatic heterocycles. The fourth-order valence-electron chi connectivity index (χ4n) is 2.38. The average molecular weight is 255 g/mol. The molecule has 0 aromatic carbocycles. The van der Waals surface area contributed by atoms with E-state index >= 15 is 0 Å². The van der Waals surface area contributed by atoms with Crippen LogP contribution < -0.4 is 5.73 Å². The third-order valence-electron chi connectivity index (χ3n) is 3.86. The molecule has 1 rings (SSSR count). The largest absolute Gasteiger partial charge is 0.341 e. The summed E-state index contributed by atoms with van der Waals surface area (Å²) in [4.78, 5) is 16.7. The van der Waals surface area contributed by atoms with Crippen LogP contribution in [0.5, 0.6) is 0 Å². The lowest BCUT2D eigenvalue weighted by atomic mass is 10.1. The lowest BCUT2D eigenvalue weighted by molar-refractivity contribution is -0.134. The number of carbonyl (C=O) groups excluding carboxylic acids is 1. The van der Waals surface area contributed by atoms with Crippen LogP contribution in [0, 0.1) is 5.92 Å². The SMILES string of the molecule is CCC(C)C(=O)N1CCCN(CCCCN)CC1. The van der Waals surface area contributed by atoms with Gasteiger partial charge in [-0.05, 0) is 45.3 Å². The van der Waals surface area contributed by atoms with Crippen LogP contribution >= 0.6 is 0 Å². The predicted octanol–water partition coefficient (Wildman–Crippen LogP) is 1.31. The molecular formula is C14H29N3O. The Morgan fingerprint density at radius 1 is 1.22 bits per heavy atom. The second-order valence-electron chi connectivity index (χ2n) is 5.33. The molecule has 2 N–H and O–H groups in total. The smallest absolute Gasteiger partial charge is 0.225 e. The Labute approximate surface area is 111 Å². The van der Waals surface area contributed by atoms with Crippen molar-refractivity contribution in [3.8, 4) is 0 Å². The summed E-state index contributed by atoms with van der Waals surface area (Å²) in [6.45, 7) is 9.99. The number of nitrogens with zero attached hydrogens (tertiary/aromatic N) is 2. The third kappa shape index (κ3) is 4.94. The summed E-state index contributed by atoms with van der Waals surface area (Å²) < 4.78 is 0. The molecule has 0 spiro atoms. The Balaban J connectivity index is 2.34. The van der Waals surface area contributed by atoms with Crippen molar-refractivity contribution in [1.82, 2.24) is 9.80 Å². The van der Waals surface area contributed by atoms with Crippen molar-refractivity contribution in [1.29, 1.82) is 0 Å². The molecule has 1 atom stereocenters. The normalized spacial score (nSPS) is 19.6. The van der Waals surface area contributed by atoms with E-state index in [1.807, 2.05) is 6.92 Å². The molecule has 4 heteroatoms. The van der Waals surface area contributed by atoms with Gasteiger partial charge in [0.15, 0.2) is 0 Å². The highest BCUT2D eigenvalue weighted by atomic mass is 16.2. The Kier molecular flexibility index (Phi) is 7.28. The second kappa shape index (κ2) is 8.48. The molecule has 1 heterocycles. The van der Waals surface area contributed by atoms with E-state index in [9.17, 15) is 4.79 Å². The summed E-state index contributed by atoms with van der Waals surface area (Å²) in [7, 11) is 0. The summed E-state index contributed by atoms with van der Waals surface area (Å²) in [5, 5.41) is 0. The van der Waals surface area contributed by atoms with Crippen LogP contribution in [-0.4, -0.2) is 55.0 Å². The standard InChI is InChI=1S/C14H29N3O/c1-3-13(2)14(18)17-10-6-9-16(11-12-17)8-5-4-7-15/h13H,3-12,15H2,1-2H3. The summed E-state index contributed by atoms with van der Waals surface area (Å²) in [6.07, 6.45) is 4.32. The van der Waals surface area contributed by atoms with E-state index < -0.39 is 0 Å². The molecule has 0 aromatic heterocycles. The Hall–Kier alpha value is -0.610. The highest BCUT2D eigenvalue weighted by Gasteiger charge is 2.21. The van der Waals surface area contributed by atoms with Crippen LogP contribution in [0.3, 0.4) is 0 Å². The molecular weight excluding hydrogens is 226 g/mol. The minimum atomic E-state index is 0.175. The number of carbonyl (C=O) groups is 1. The lowest BCUT2D eigenvalue weighted by Gasteiger charge is -2.24. The molecule has 4 nitrogen and oxygen atoms in total. The maximum Gasteiger partial charge on any atom is 0.225 e. The van der Waals surface area contributed by atoms with Crippen LogP contribution in [0.2, 0.25) is 0 Å². The van der Waals surface area contributed by atoms with E-state index in [1.54, 1.807) is 0 Å². The van der Waals surface area contributed by atoms with Crippen molar-refractivity contribution in [3.05, 3.63) is 0 Å². The maximum absolute atomic E-state index is 12.1. The summed E-state index contributed by atoms with van der Waals surface area (Å²) in [6, 6.07) is 0. The minimum Gasteiger partial charge on any atom is -0.341 e. The first-order chi connectivity index (χ1) is 8.69. The number of nitrogens with two attached hydrogens (primary N) is 1. The van der Waals surface area contributed by atoms with Crippen LogP contribution in [0.4, 0.5) is 0 Å². The zero-order valence-electron chi connectivity index (χ0n) is 12.0. The van der Waals surface area contributed by atoms with Gasteiger partial charge in [0.25, 0.3) is 0 Å². The van der Waals surface area contributed by atoms with Crippen molar-refractivity contribution < 1.29 is 4.79 Å². The zero-order chi connectivity index (χ0) is 13.4. The van der Waals surface area contributed by atoms with Crippen LogP contribution in [0.25, 0.3) is 0 Å². The van der Waals surface area contributed by atoms with E-state index in [1.165, 1.54) is 6.42 Å². The Bertz CT molecular complexity index is 245. The van der Waals surface area contributed by atoms with E-state index in [2.05, 4.69) is 16.7 Å². The van der Waals surface area contributed by atoms with Crippen LogP contribution in [0.1, 0.15) is 39.5 Å². The first-order valence-corrected chi connectivity index (χ1v) is 7.40. The molecule has 1 aliphatic rings. The first-order valence-electron chi connectivity index (χ1n) is 7.40. The van der Waals surface area contributed by atoms with Crippen molar-refractivity contribution in [2.75, 3.05) is 39.3 Å². The number of hydrogen-bond acceptors (Lipinski definition) is 3. The van der Waals surface area contributed by atoms with Gasteiger partial charge >= 0.3 is 0 Å². The summed E-state index contributed by atoms with van der Waals surface area (Å²) in [5.41, 5.74) is 5.51. The van der Waals surface area contributed by atoms with Gasteiger partial charge in [-0.2, -0.15) is 0 Å². The van der Waals surface area contributed by atoms with Gasteiger partial charge in [-0.15, -0.1) is 0 Å². The quantitative estimate of drug-likeness (QED) is 0.728. The number of unbranched alkanes of at least 4 members (excludes halogenated alkanes) is 1. The van der Waals surface area contributed by atoms with E-state index in [0.29, 0.717) is 5.91 Å². The topological polar surface area (TPSA) is 49.6 Å². The predicted molar refractivity (Wildman–Crippen MR) is 75.4 cm³/mol. The zero-order valence-corrected chi connectivity index (χ0v) is 12.0. The van der Waals surface area contributed by atoms with Crippen LogP contribution in [-0.2, 0) is 4.79 Å². The van der Waals surface area contributed by atoms with E-state index in [0.717, 1.165) is 58.5 Å². The molecule has 0 aliphatic carbocycles. The van der Waals surface area contributed by atoms with Crippen molar-refractivity contribution in [2.24, 2.45) is 11.7 Å². The Morgan fingerprint density at radius 3 is 2.67 bits per heavy atom. The van der Waals surface area contributed by atoms with Gasteiger partial charge in [-0.1, -0.05) is 13.8 Å². The second-order valence-corrected chi connectivity index (χ2v) is 5.33. The number of hydrogen-bond donors (Lipinski definition) is 1. The van der Waals surface area contributed by atoms with Gasteiger partial charge in [-0.25, -0.2) is 0 Å². The fraction of sp³-hybridized carbons (Fsp3) is 0.929. The molecule has 0 bridgehead atoms. The molecule has 1 fully saturated rings. The number of rotatable bonds is 6. The monoisotopic (exact) mass is 255 g/mol. The highest BCUT2D eigenvalue weighted by Crippen LogP contribution is 2.10. The molecule has 18 heavy (non-hydrogen) atoms. The van der Waals surface area contributed by atoms with E-state index in [4.69, 9.17) is 5.73 Å². The van der Waals surface area contributed by atoms with Crippen molar-refractivity contribution in [2.45, 2.75) is 39.5 Å². The van der Waals surface area contributed by atoms with Crippen molar-refractivity contribution in [3.63, 3.8) is 0 Å². The molecule has 1 unspecified atom stereocenters. The molecule has 0 saturated carbocycles. The molecule has 0 radical (unpaired) electrons. The molecule has 1 amide bonds. The van der Waals surface area contributed by atoms with Gasteiger partial charge in [0, 0.05) is 25.6 Å². The van der Waals surface area contributed by atoms with Crippen LogP contribution in [0.15, 0.2) is 0 Å². The van der Waals surface area contributed by atoms with Gasteiger partial charge < -0.3 is 15.5 Å². The third-order valence-corrected chi connectivity index (χ3v) is 3.86. The lowest BCUT2D eigenvalue weighted by Crippen LogP contribution is -2.38. The Morgan fingerprint density at radius 2 is 2.00 bits per heavy atom. The highest BCUT2D eigenvalue weighted by molar-refractivity contribution is 5.78. The molecule has 0 aromatic rings. The van der Waals surface area contributed by atoms with Crippen molar-refractivity contribution >= 4 is 5.91 Å². The average Bonchev–Trinajstić information content (AvgIpc) is 2.63. The molecule has 106 valence electrons. The van der Waals surface area contributed by atoms with E-state index in [-0.39, 0.29) is 5.92 Å². The summed E-state index contributed by atoms with van der Waals surface area (Å²) in [5.74, 6) is 0.509. The molecule has 1 saturated heterocycles. The van der Waals surface area contributed by atoms with Gasteiger partial charge in [0.1, 0.15) is 0 Å². The van der Waals surface area contributed by atoms with Gasteiger partial charge in [0.2, 0.25) is 5.91 Å². The summed E-state index contributed by atoms with van der Waals surface area (Å²) >= 11 is 0.